The Balaban J connectivity index is 1.21. The second-order valence-corrected chi connectivity index (χ2v) is 13.0. The summed E-state index contributed by atoms with van der Waals surface area (Å²) >= 11 is 0. The molecule has 11 rings (SSSR count). The third-order valence-electron chi connectivity index (χ3n) is 10.1. The molecule has 0 aliphatic heterocycles. The fourth-order valence-electron chi connectivity index (χ4n) is 7.96. The molecule has 0 fully saturated rings. The highest BCUT2D eigenvalue weighted by atomic mass is 16.3. The summed E-state index contributed by atoms with van der Waals surface area (Å²) in [6.07, 6.45) is 0. The van der Waals surface area contributed by atoms with Crippen LogP contribution in [0.5, 0.6) is 0 Å². The SMILES string of the molecule is c1ccc(-c2cccc3c2c2ccccc2n3-c2nc(-c3cccc(-n4c5ccccc5c5ccccc54)c3)c3oc4ccccc4c3n2)cc1. The Morgan fingerprint density at radius 1 is 0.431 bits per heavy atom. The van der Waals surface area contributed by atoms with Crippen molar-refractivity contribution in [3.05, 3.63) is 170 Å². The van der Waals surface area contributed by atoms with Crippen LogP contribution in [0, 0.1) is 0 Å². The molecule has 4 heterocycles. The number of aromatic nitrogens is 4. The molecule has 5 heteroatoms. The molecule has 0 atom stereocenters. The van der Waals surface area contributed by atoms with Gasteiger partial charge in [0.2, 0.25) is 5.95 Å². The van der Waals surface area contributed by atoms with Gasteiger partial charge in [-0.25, -0.2) is 9.97 Å². The standard InChI is InChI=1S/C46H28N4O/c1-2-14-29(15-3-1)32-22-13-26-40-42(32)35-20-6-10-25-39(35)50(40)46-47-43(45-44(48-46)36-21-7-11-27-41(36)51-45)30-16-12-17-31(28-30)49-37-23-8-4-18-33(37)34-19-5-9-24-38(34)49/h1-28H. The van der Waals surface area contributed by atoms with Crippen molar-refractivity contribution >= 4 is 65.7 Å². The molecule has 7 aromatic carbocycles. The maximum atomic E-state index is 6.59. The van der Waals surface area contributed by atoms with Gasteiger partial charge in [0.25, 0.3) is 0 Å². The summed E-state index contributed by atoms with van der Waals surface area (Å²) in [5.41, 5.74) is 11.8. The third kappa shape index (κ3) is 4.09. The van der Waals surface area contributed by atoms with Crippen LogP contribution in [0.4, 0.5) is 0 Å². The Kier molecular flexibility index (Phi) is 5.89. The van der Waals surface area contributed by atoms with E-state index in [-0.39, 0.29) is 0 Å². The lowest BCUT2D eigenvalue weighted by atomic mass is 9.99. The Hall–Kier alpha value is -6.98. The monoisotopic (exact) mass is 652 g/mol. The van der Waals surface area contributed by atoms with Crippen molar-refractivity contribution in [1.29, 1.82) is 0 Å². The first-order chi connectivity index (χ1) is 25.3. The van der Waals surface area contributed by atoms with Gasteiger partial charge in [0.05, 0.1) is 22.1 Å². The molecule has 0 saturated carbocycles. The maximum Gasteiger partial charge on any atom is 0.236 e. The van der Waals surface area contributed by atoms with Crippen LogP contribution in [-0.4, -0.2) is 19.1 Å². The van der Waals surface area contributed by atoms with E-state index >= 15 is 0 Å². The molecule has 0 spiro atoms. The molecular formula is C46H28N4O. The number of hydrogen-bond donors (Lipinski definition) is 0. The van der Waals surface area contributed by atoms with Crippen LogP contribution in [0.15, 0.2) is 174 Å². The van der Waals surface area contributed by atoms with Crippen molar-refractivity contribution < 1.29 is 4.42 Å². The zero-order chi connectivity index (χ0) is 33.5. The fraction of sp³-hybridized carbons (Fsp3) is 0. The van der Waals surface area contributed by atoms with Crippen molar-refractivity contribution in [2.24, 2.45) is 0 Å². The van der Waals surface area contributed by atoms with E-state index in [4.69, 9.17) is 14.4 Å². The fourth-order valence-corrected chi connectivity index (χ4v) is 7.96. The molecule has 0 N–H and O–H groups in total. The van der Waals surface area contributed by atoms with Crippen molar-refractivity contribution in [3.63, 3.8) is 0 Å². The van der Waals surface area contributed by atoms with E-state index in [2.05, 4.69) is 161 Å². The van der Waals surface area contributed by atoms with Gasteiger partial charge in [-0.3, -0.25) is 4.57 Å². The molecular weight excluding hydrogens is 625 g/mol. The number of hydrogen-bond acceptors (Lipinski definition) is 3. The minimum absolute atomic E-state index is 0.600. The van der Waals surface area contributed by atoms with Crippen LogP contribution in [-0.2, 0) is 0 Å². The average Bonchev–Trinajstić information content (AvgIpc) is 3.86. The lowest BCUT2D eigenvalue weighted by molar-refractivity contribution is 0.666. The van der Waals surface area contributed by atoms with Crippen LogP contribution in [0.3, 0.4) is 0 Å². The van der Waals surface area contributed by atoms with Gasteiger partial charge in [0, 0.05) is 38.2 Å². The molecule has 5 nitrogen and oxygen atoms in total. The third-order valence-corrected chi connectivity index (χ3v) is 10.1. The molecule has 0 aliphatic carbocycles. The lowest BCUT2D eigenvalue weighted by Gasteiger charge is -2.12. The predicted octanol–water partition coefficient (Wildman–Crippen LogP) is 11.9. The second kappa shape index (κ2) is 10.8. The summed E-state index contributed by atoms with van der Waals surface area (Å²) < 4.78 is 11.1. The molecule has 238 valence electrons. The minimum atomic E-state index is 0.600. The number of para-hydroxylation sites is 4. The number of benzene rings is 7. The molecule has 0 aliphatic rings. The Morgan fingerprint density at radius 3 is 1.78 bits per heavy atom. The molecule has 0 bridgehead atoms. The topological polar surface area (TPSA) is 48.8 Å². The Morgan fingerprint density at radius 2 is 1.02 bits per heavy atom. The van der Waals surface area contributed by atoms with Crippen LogP contribution in [0.25, 0.3) is 99.7 Å². The molecule has 51 heavy (non-hydrogen) atoms. The van der Waals surface area contributed by atoms with Gasteiger partial charge in [-0.05, 0) is 59.7 Å². The van der Waals surface area contributed by atoms with E-state index in [1.807, 2.05) is 18.2 Å². The van der Waals surface area contributed by atoms with Gasteiger partial charge >= 0.3 is 0 Å². The summed E-state index contributed by atoms with van der Waals surface area (Å²) in [7, 11) is 0. The lowest BCUT2D eigenvalue weighted by Crippen LogP contribution is -2.03. The largest absolute Gasteiger partial charge is 0.452 e. The van der Waals surface area contributed by atoms with Crippen LogP contribution in [0.2, 0.25) is 0 Å². The number of rotatable bonds is 4. The summed E-state index contributed by atoms with van der Waals surface area (Å²) in [5.74, 6) is 0.600. The van der Waals surface area contributed by atoms with Crippen molar-refractivity contribution in [3.8, 4) is 34.0 Å². The average molecular weight is 653 g/mol. The van der Waals surface area contributed by atoms with Gasteiger partial charge in [0.15, 0.2) is 5.58 Å². The van der Waals surface area contributed by atoms with Gasteiger partial charge < -0.3 is 8.98 Å². The highest BCUT2D eigenvalue weighted by molar-refractivity contribution is 6.16. The van der Waals surface area contributed by atoms with Crippen LogP contribution < -0.4 is 0 Å². The highest BCUT2D eigenvalue weighted by Crippen LogP contribution is 2.41. The first-order valence-corrected chi connectivity index (χ1v) is 17.2. The summed E-state index contributed by atoms with van der Waals surface area (Å²) in [5, 5.41) is 5.74. The van der Waals surface area contributed by atoms with Gasteiger partial charge in [-0.15, -0.1) is 0 Å². The first kappa shape index (κ1) is 27.9. The smallest absolute Gasteiger partial charge is 0.236 e. The molecule has 11 aromatic rings. The quantitative estimate of drug-likeness (QED) is 0.190. The Labute approximate surface area is 292 Å². The van der Waals surface area contributed by atoms with E-state index in [9.17, 15) is 0 Å². The van der Waals surface area contributed by atoms with E-state index in [1.54, 1.807) is 0 Å². The van der Waals surface area contributed by atoms with E-state index in [0.717, 1.165) is 60.9 Å². The first-order valence-electron chi connectivity index (χ1n) is 17.2. The van der Waals surface area contributed by atoms with Gasteiger partial charge in [-0.1, -0.05) is 121 Å². The number of furan rings is 1. The molecule has 0 amide bonds. The maximum absolute atomic E-state index is 6.59. The molecule has 0 radical (unpaired) electrons. The summed E-state index contributed by atoms with van der Waals surface area (Å²) in [6.45, 7) is 0. The summed E-state index contributed by atoms with van der Waals surface area (Å²) in [4.78, 5) is 10.7. The zero-order valence-corrected chi connectivity index (χ0v) is 27.4. The van der Waals surface area contributed by atoms with Gasteiger partial charge in [0.1, 0.15) is 16.8 Å². The molecule has 0 saturated heterocycles. The second-order valence-electron chi connectivity index (χ2n) is 13.0. The van der Waals surface area contributed by atoms with Gasteiger partial charge in [-0.2, -0.15) is 0 Å². The Bertz CT molecular complexity index is 3090. The van der Waals surface area contributed by atoms with Crippen molar-refractivity contribution in [2.75, 3.05) is 0 Å². The summed E-state index contributed by atoms with van der Waals surface area (Å²) in [6, 6.07) is 59.5. The van der Waals surface area contributed by atoms with E-state index < -0.39 is 0 Å². The number of fused-ring (bicyclic) bond motifs is 9. The van der Waals surface area contributed by atoms with E-state index in [0.29, 0.717) is 11.5 Å². The van der Waals surface area contributed by atoms with E-state index in [1.165, 1.54) is 27.3 Å². The normalized spacial score (nSPS) is 11.9. The molecule has 4 aromatic heterocycles. The van der Waals surface area contributed by atoms with Crippen molar-refractivity contribution in [1.82, 2.24) is 19.1 Å². The molecule has 0 unspecified atom stereocenters. The highest BCUT2D eigenvalue weighted by Gasteiger charge is 2.22. The van der Waals surface area contributed by atoms with Crippen molar-refractivity contribution in [2.45, 2.75) is 0 Å². The number of nitrogens with zero attached hydrogens (tertiary/aromatic N) is 4. The van der Waals surface area contributed by atoms with Crippen LogP contribution in [0.1, 0.15) is 0 Å². The van der Waals surface area contributed by atoms with Crippen LogP contribution >= 0.6 is 0 Å². The zero-order valence-electron chi connectivity index (χ0n) is 27.4. The predicted molar refractivity (Wildman–Crippen MR) is 209 cm³/mol. The minimum Gasteiger partial charge on any atom is -0.452 e.